The lowest BCUT2D eigenvalue weighted by Crippen LogP contribution is -2.07. The molecular formula is C13H18Br2O2. The fraction of sp³-hybridized carbons (Fsp3) is 0.538. The van der Waals surface area contributed by atoms with Gasteiger partial charge < -0.3 is 9.47 Å². The molecule has 0 aliphatic carbocycles. The number of alkyl halides is 1. The number of rotatable bonds is 8. The van der Waals surface area contributed by atoms with E-state index in [0.717, 1.165) is 28.6 Å². The van der Waals surface area contributed by atoms with Crippen LogP contribution in [0.4, 0.5) is 0 Å². The second-order valence-electron chi connectivity index (χ2n) is 3.71. The normalized spacial score (nSPS) is 10.5. The van der Waals surface area contributed by atoms with Gasteiger partial charge in [-0.25, -0.2) is 0 Å². The van der Waals surface area contributed by atoms with Crippen molar-refractivity contribution < 1.29 is 9.47 Å². The summed E-state index contributed by atoms with van der Waals surface area (Å²) in [6, 6.07) is 6.08. The van der Waals surface area contributed by atoms with Gasteiger partial charge in [0.05, 0.1) is 11.1 Å². The van der Waals surface area contributed by atoms with E-state index in [9.17, 15) is 0 Å². The highest BCUT2D eigenvalue weighted by atomic mass is 79.9. The predicted molar refractivity (Wildman–Crippen MR) is 78.0 cm³/mol. The van der Waals surface area contributed by atoms with Crippen LogP contribution in [0.1, 0.15) is 25.3 Å². The lowest BCUT2D eigenvalue weighted by molar-refractivity contribution is 0.0978. The van der Waals surface area contributed by atoms with Crippen molar-refractivity contribution >= 4 is 31.9 Å². The summed E-state index contributed by atoms with van der Waals surface area (Å²) in [6.07, 6.45) is 2.28. The van der Waals surface area contributed by atoms with Gasteiger partial charge in [-0.3, -0.25) is 0 Å². The number of halogens is 2. The molecule has 4 heteroatoms. The van der Waals surface area contributed by atoms with Crippen molar-refractivity contribution in [1.82, 2.24) is 0 Å². The molecule has 2 nitrogen and oxygen atoms in total. The van der Waals surface area contributed by atoms with Gasteiger partial charge in [0.2, 0.25) is 0 Å². The molecule has 1 aromatic rings. The molecule has 0 unspecified atom stereocenters. The predicted octanol–water partition coefficient (Wildman–Crippen LogP) is 4.54. The van der Waals surface area contributed by atoms with E-state index < -0.39 is 0 Å². The number of benzene rings is 1. The van der Waals surface area contributed by atoms with Crippen molar-refractivity contribution in [2.75, 3.05) is 19.8 Å². The SMILES string of the molecule is CCCCOCCOc1ccc(CBr)cc1Br. The number of hydrogen-bond acceptors (Lipinski definition) is 2. The van der Waals surface area contributed by atoms with Crippen molar-refractivity contribution in [1.29, 1.82) is 0 Å². The second-order valence-corrected chi connectivity index (χ2v) is 5.13. The third-order valence-corrected chi connectivity index (χ3v) is 3.55. The monoisotopic (exact) mass is 364 g/mol. The molecular weight excluding hydrogens is 348 g/mol. The minimum atomic E-state index is 0.593. The summed E-state index contributed by atoms with van der Waals surface area (Å²) < 4.78 is 12.1. The number of unbranched alkanes of at least 4 members (excludes halogenated alkanes) is 1. The Morgan fingerprint density at radius 3 is 2.65 bits per heavy atom. The van der Waals surface area contributed by atoms with Crippen molar-refractivity contribution in [2.24, 2.45) is 0 Å². The Morgan fingerprint density at radius 2 is 2.00 bits per heavy atom. The Balaban J connectivity index is 2.27. The minimum Gasteiger partial charge on any atom is -0.490 e. The molecule has 0 atom stereocenters. The molecule has 0 bridgehead atoms. The Morgan fingerprint density at radius 1 is 1.18 bits per heavy atom. The van der Waals surface area contributed by atoms with Crippen LogP contribution < -0.4 is 4.74 Å². The summed E-state index contributed by atoms with van der Waals surface area (Å²) in [5.74, 6) is 0.869. The van der Waals surface area contributed by atoms with Crippen molar-refractivity contribution in [2.45, 2.75) is 25.1 Å². The zero-order valence-corrected chi connectivity index (χ0v) is 13.2. The van der Waals surface area contributed by atoms with Gasteiger partial charge in [-0.1, -0.05) is 35.3 Å². The molecule has 0 aliphatic heterocycles. The van der Waals surface area contributed by atoms with Gasteiger partial charge in [0.25, 0.3) is 0 Å². The fourth-order valence-corrected chi connectivity index (χ4v) is 2.19. The number of ether oxygens (including phenoxy) is 2. The maximum absolute atomic E-state index is 5.63. The average molecular weight is 366 g/mol. The molecule has 0 aliphatic rings. The van der Waals surface area contributed by atoms with Gasteiger partial charge in [0, 0.05) is 11.9 Å². The lowest BCUT2D eigenvalue weighted by Gasteiger charge is -2.09. The first-order valence-corrected chi connectivity index (χ1v) is 7.74. The fourth-order valence-electron chi connectivity index (χ4n) is 1.30. The Bertz CT molecular complexity index is 329. The van der Waals surface area contributed by atoms with Crippen LogP contribution in [-0.2, 0) is 10.1 Å². The van der Waals surface area contributed by atoms with E-state index in [0.29, 0.717) is 13.2 Å². The molecule has 0 aromatic heterocycles. The maximum atomic E-state index is 5.63. The number of hydrogen-bond donors (Lipinski definition) is 0. The van der Waals surface area contributed by atoms with E-state index in [-0.39, 0.29) is 0 Å². The zero-order valence-electron chi connectivity index (χ0n) is 10.0. The molecule has 0 spiro atoms. The molecule has 0 saturated carbocycles. The average Bonchev–Trinajstić information content (AvgIpc) is 2.35. The third-order valence-electron chi connectivity index (χ3n) is 2.28. The van der Waals surface area contributed by atoms with Gasteiger partial charge in [-0.05, 0) is 40.0 Å². The van der Waals surface area contributed by atoms with E-state index >= 15 is 0 Å². The molecule has 1 rings (SSSR count). The van der Waals surface area contributed by atoms with Gasteiger partial charge in [0.15, 0.2) is 0 Å². The highest BCUT2D eigenvalue weighted by molar-refractivity contribution is 9.10. The molecule has 17 heavy (non-hydrogen) atoms. The quantitative estimate of drug-likeness (QED) is 0.497. The summed E-state index contributed by atoms with van der Waals surface area (Å²) in [5.41, 5.74) is 1.23. The first-order chi connectivity index (χ1) is 8.27. The smallest absolute Gasteiger partial charge is 0.133 e. The Kier molecular flexibility index (Phi) is 7.90. The van der Waals surface area contributed by atoms with Crippen LogP contribution in [0.15, 0.2) is 22.7 Å². The van der Waals surface area contributed by atoms with E-state index in [1.54, 1.807) is 0 Å². The van der Waals surface area contributed by atoms with Gasteiger partial charge >= 0.3 is 0 Å². The summed E-state index contributed by atoms with van der Waals surface area (Å²) in [7, 11) is 0. The summed E-state index contributed by atoms with van der Waals surface area (Å²) in [6.45, 7) is 4.22. The molecule has 0 saturated heterocycles. The summed E-state index contributed by atoms with van der Waals surface area (Å²) >= 11 is 6.92. The molecule has 1 aromatic carbocycles. The highest BCUT2D eigenvalue weighted by Gasteiger charge is 2.02. The molecule has 0 N–H and O–H groups in total. The Hall–Kier alpha value is -0.0600. The molecule has 0 heterocycles. The minimum absolute atomic E-state index is 0.593. The van der Waals surface area contributed by atoms with Crippen LogP contribution in [0.3, 0.4) is 0 Å². The lowest BCUT2D eigenvalue weighted by atomic mass is 10.2. The molecule has 0 radical (unpaired) electrons. The largest absolute Gasteiger partial charge is 0.490 e. The third kappa shape index (κ3) is 5.89. The highest BCUT2D eigenvalue weighted by Crippen LogP contribution is 2.26. The van der Waals surface area contributed by atoms with Crippen LogP contribution in [0.2, 0.25) is 0 Å². The van der Waals surface area contributed by atoms with Crippen LogP contribution in [-0.4, -0.2) is 19.8 Å². The van der Waals surface area contributed by atoms with Crippen LogP contribution in [0.5, 0.6) is 5.75 Å². The second kappa shape index (κ2) is 8.95. The van der Waals surface area contributed by atoms with Crippen molar-refractivity contribution in [3.05, 3.63) is 28.2 Å². The maximum Gasteiger partial charge on any atom is 0.133 e. The van der Waals surface area contributed by atoms with E-state index in [1.807, 2.05) is 12.1 Å². The van der Waals surface area contributed by atoms with E-state index in [2.05, 4.69) is 44.8 Å². The first kappa shape index (κ1) is 15.0. The first-order valence-electron chi connectivity index (χ1n) is 5.83. The summed E-state index contributed by atoms with van der Waals surface area (Å²) in [4.78, 5) is 0. The standard InChI is InChI=1S/C13H18Br2O2/c1-2-3-6-16-7-8-17-13-5-4-11(10-14)9-12(13)15/h4-5,9H,2-3,6-8,10H2,1H3. The van der Waals surface area contributed by atoms with Crippen LogP contribution in [0, 0.1) is 0 Å². The van der Waals surface area contributed by atoms with Crippen molar-refractivity contribution in [3.63, 3.8) is 0 Å². The van der Waals surface area contributed by atoms with Crippen LogP contribution >= 0.6 is 31.9 Å². The van der Waals surface area contributed by atoms with Gasteiger partial charge in [-0.15, -0.1) is 0 Å². The zero-order chi connectivity index (χ0) is 12.5. The van der Waals surface area contributed by atoms with E-state index in [1.165, 1.54) is 12.0 Å². The topological polar surface area (TPSA) is 18.5 Å². The summed E-state index contributed by atoms with van der Waals surface area (Å²) in [5, 5.41) is 0.853. The van der Waals surface area contributed by atoms with Gasteiger partial charge in [0.1, 0.15) is 12.4 Å². The molecule has 96 valence electrons. The van der Waals surface area contributed by atoms with Crippen molar-refractivity contribution in [3.8, 4) is 5.75 Å². The van der Waals surface area contributed by atoms with Crippen LogP contribution in [0.25, 0.3) is 0 Å². The van der Waals surface area contributed by atoms with Gasteiger partial charge in [-0.2, -0.15) is 0 Å². The molecule has 0 fully saturated rings. The molecule has 0 amide bonds. The van der Waals surface area contributed by atoms with E-state index in [4.69, 9.17) is 9.47 Å². The Labute approximate surface area is 120 Å².